The van der Waals surface area contributed by atoms with Gasteiger partial charge in [-0.05, 0) is 67.4 Å². The van der Waals surface area contributed by atoms with Crippen molar-refractivity contribution in [2.75, 3.05) is 11.9 Å². The number of alkyl halides is 3. The Bertz CT molecular complexity index is 1550. The fourth-order valence-corrected chi connectivity index (χ4v) is 3.85. The van der Waals surface area contributed by atoms with Crippen LogP contribution in [0.1, 0.15) is 16.9 Å². The lowest BCUT2D eigenvalue weighted by atomic mass is 10.1. The summed E-state index contributed by atoms with van der Waals surface area (Å²) in [5, 5.41) is 2.95. The maximum Gasteiger partial charge on any atom is 0.453 e. The Morgan fingerprint density at radius 3 is 2.30 bits per heavy atom. The number of fused-ring (bicyclic) bond motifs is 1. The van der Waals surface area contributed by atoms with Crippen LogP contribution in [0.2, 0.25) is 10.0 Å². The lowest BCUT2D eigenvalue weighted by molar-refractivity contribution is -0.154. The van der Waals surface area contributed by atoms with E-state index in [0.29, 0.717) is 10.7 Å². The Morgan fingerprint density at radius 1 is 0.946 bits per heavy atom. The number of amides is 1. The van der Waals surface area contributed by atoms with Crippen LogP contribution in [0, 0.1) is 13.8 Å². The van der Waals surface area contributed by atoms with Gasteiger partial charge >= 0.3 is 6.18 Å². The van der Waals surface area contributed by atoms with Crippen LogP contribution >= 0.6 is 23.2 Å². The number of carbonyl (C=O) groups excluding carboxylic acids is 1. The Labute approximate surface area is 218 Å². The van der Waals surface area contributed by atoms with Crippen molar-refractivity contribution in [1.82, 2.24) is 0 Å². The first kappa shape index (κ1) is 26.4. The Hall–Kier alpha value is -3.69. The average molecular weight is 552 g/mol. The highest BCUT2D eigenvalue weighted by atomic mass is 35.5. The number of rotatable bonds is 6. The first-order valence-corrected chi connectivity index (χ1v) is 11.5. The van der Waals surface area contributed by atoms with Crippen molar-refractivity contribution in [3.8, 4) is 17.2 Å². The predicted octanol–water partition coefficient (Wildman–Crippen LogP) is 7.55. The molecule has 0 aliphatic carbocycles. The Kier molecular flexibility index (Phi) is 7.38. The Balaban J connectivity index is 1.60. The second-order valence-electron chi connectivity index (χ2n) is 8.14. The second-order valence-corrected chi connectivity index (χ2v) is 8.95. The maximum atomic E-state index is 13.8. The largest absolute Gasteiger partial charge is 0.484 e. The van der Waals surface area contributed by atoms with E-state index < -0.39 is 35.6 Å². The van der Waals surface area contributed by atoms with Gasteiger partial charge in [0.05, 0.1) is 15.4 Å². The molecule has 11 heteroatoms. The highest BCUT2D eigenvalue weighted by Crippen LogP contribution is 2.39. The summed E-state index contributed by atoms with van der Waals surface area (Å²) in [6.07, 6.45) is -5.02. The summed E-state index contributed by atoms with van der Waals surface area (Å²) in [6.45, 7) is 3.02. The minimum atomic E-state index is -5.02. The molecule has 0 saturated carbocycles. The number of nitrogens with one attached hydrogen (secondary N) is 1. The molecule has 1 amide bonds. The van der Waals surface area contributed by atoms with Gasteiger partial charge in [0, 0.05) is 11.8 Å². The van der Waals surface area contributed by atoms with Crippen LogP contribution in [0.25, 0.3) is 11.0 Å². The fraction of sp³-hybridized carbons (Fsp3) is 0.154. The summed E-state index contributed by atoms with van der Waals surface area (Å²) in [6, 6.07) is 13.0. The van der Waals surface area contributed by atoms with Crippen molar-refractivity contribution in [3.63, 3.8) is 0 Å². The molecule has 37 heavy (non-hydrogen) atoms. The summed E-state index contributed by atoms with van der Waals surface area (Å²) in [5.41, 5.74) is 0.486. The molecule has 0 bridgehead atoms. The van der Waals surface area contributed by atoms with E-state index in [1.807, 2.05) is 6.07 Å². The summed E-state index contributed by atoms with van der Waals surface area (Å²) < 4.78 is 57.3. The van der Waals surface area contributed by atoms with Crippen LogP contribution in [0.4, 0.5) is 18.9 Å². The number of hydrogen-bond donors (Lipinski definition) is 1. The summed E-state index contributed by atoms with van der Waals surface area (Å²) >= 11 is 11.8. The van der Waals surface area contributed by atoms with E-state index in [2.05, 4.69) is 5.32 Å². The van der Waals surface area contributed by atoms with Crippen LogP contribution in [0.5, 0.6) is 17.2 Å². The molecule has 0 spiro atoms. The molecule has 0 aliphatic rings. The quantitative estimate of drug-likeness (QED) is 0.267. The Morgan fingerprint density at radius 2 is 1.65 bits per heavy atom. The van der Waals surface area contributed by atoms with Crippen molar-refractivity contribution in [3.05, 3.63) is 91.8 Å². The molecular formula is C26H18Cl2F3NO5. The number of carbonyl (C=O) groups is 1. The number of aryl methyl sites for hydroxylation is 2. The number of anilines is 1. The van der Waals surface area contributed by atoms with Crippen molar-refractivity contribution in [2.45, 2.75) is 20.0 Å². The second kappa shape index (κ2) is 10.4. The molecule has 0 unspecified atom stereocenters. The van der Waals surface area contributed by atoms with Gasteiger partial charge in [0.15, 0.2) is 6.61 Å². The SMILES string of the molecule is Cc1cc(C)cc(Oc2c(C(F)(F)F)oc3cc(OCC(=O)Nc4ccc(Cl)c(Cl)c4)ccc3c2=O)c1. The van der Waals surface area contributed by atoms with E-state index in [1.54, 1.807) is 13.8 Å². The van der Waals surface area contributed by atoms with Crippen molar-refractivity contribution >= 4 is 45.8 Å². The molecule has 3 aromatic carbocycles. The monoisotopic (exact) mass is 551 g/mol. The number of ether oxygens (including phenoxy) is 2. The fourth-order valence-electron chi connectivity index (χ4n) is 3.56. The molecule has 1 aromatic heterocycles. The molecule has 192 valence electrons. The number of hydrogen-bond acceptors (Lipinski definition) is 5. The third kappa shape index (κ3) is 6.18. The number of benzene rings is 3. The van der Waals surface area contributed by atoms with Gasteiger partial charge in [-0.2, -0.15) is 13.2 Å². The maximum absolute atomic E-state index is 13.8. The van der Waals surface area contributed by atoms with E-state index in [-0.39, 0.29) is 27.5 Å². The molecule has 0 saturated heterocycles. The van der Waals surface area contributed by atoms with Gasteiger partial charge < -0.3 is 19.2 Å². The zero-order valence-electron chi connectivity index (χ0n) is 19.3. The van der Waals surface area contributed by atoms with E-state index >= 15 is 0 Å². The zero-order chi connectivity index (χ0) is 26.9. The molecule has 0 radical (unpaired) electrons. The van der Waals surface area contributed by atoms with Gasteiger partial charge in [-0.3, -0.25) is 9.59 Å². The van der Waals surface area contributed by atoms with Gasteiger partial charge in [0.25, 0.3) is 11.7 Å². The standard InChI is InChI=1S/C26H18Cl2F3NO5/c1-13-7-14(2)9-17(8-13)36-24-23(34)18-5-4-16(11-21(18)37-25(24)26(29,30)31)35-12-22(33)32-15-3-6-19(27)20(28)10-15/h3-11H,12H2,1-2H3,(H,32,33). The lowest BCUT2D eigenvalue weighted by Crippen LogP contribution is -2.20. The minimum Gasteiger partial charge on any atom is -0.484 e. The van der Waals surface area contributed by atoms with Crippen molar-refractivity contribution in [2.24, 2.45) is 0 Å². The number of halogens is 5. The molecule has 1 heterocycles. The summed E-state index contributed by atoms with van der Waals surface area (Å²) in [7, 11) is 0. The lowest BCUT2D eigenvalue weighted by Gasteiger charge is -2.14. The molecule has 6 nitrogen and oxygen atoms in total. The van der Waals surface area contributed by atoms with Gasteiger partial charge in [-0.1, -0.05) is 29.3 Å². The zero-order valence-corrected chi connectivity index (χ0v) is 20.8. The normalized spacial score (nSPS) is 11.4. The van der Waals surface area contributed by atoms with Crippen LogP contribution in [-0.2, 0) is 11.0 Å². The molecule has 4 rings (SSSR count). The van der Waals surface area contributed by atoms with Crippen molar-refractivity contribution < 1.29 is 31.9 Å². The third-order valence-electron chi connectivity index (χ3n) is 5.07. The highest BCUT2D eigenvalue weighted by molar-refractivity contribution is 6.42. The summed E-state index contributed by atoms with van der Waals surface area (Å²) in [4.78, 5) is 25.2. The van der Waals surface area contributed by atoms with Crippen molar-refractivity contribution in [1.29, 1.82) is 0 Å². The van der Waals surface area contributed by atoms with Crippen LogP contribution < -0.4 is 20.2 Å². The first-order valence-electron chi connectivity index (χ1n) is 10.7. The molecule has 0 atom stereocenters. The smallest absolute Gasteiger partial charge is 0.453 e. The van der Waals surface area contributed by atoms with Gasteiger partial charge in [0.1, 0.15) is 17.1 Å². The van der Waals surface area contributed by atoms with E-state index in [4.69, 9.17) is 37.1 Å². The van der Waals surface area contributed by atoms with Crippen LogP contribution in [0.3, 0.4) is 0 Å². The average Bonchev–Trinajstić information content (AvgIpc) is 2.80. The molecule has 0 fully saturated rings. The topological polar surface area (TPSA) is 77.8 Å². The molecule has 0 aliphatic heterocycles. The summed E-state index contributed by atoms with van der Waals surface area (Å²) in [5.74, 6) is -3.04. The van der Waals surface area contributed by atoms with Gasteiger partial charge in [0.2, 0.25) is 11.2 Å². The predicted molar refractivity (Wildman–Crippen MR) is 134 cm³/mol. The third-order valence-corrected chi connectivity index (χ3v) is 5.81. The van der Waals surface area contributed by atoms with E-state index in [0.717, 1.165) is 17.2 Å². The first-order chi connectivity index (χ1) is 17.4. The van der Waals surface area contributed by atoms with Gasteiger partial charge in [-0.15, -0.1) is 0 Å². The van der Waals surface area contributed by atoms with Crippen LogP contribution in [0.15, 0.2) is 63.8 Å². The van der Waals surface area contributed by atoms with E-state index in [1.165, 1.54) is 42.5 Å². The molecule has 4 aromatic rings. The van der Waals surface area contributed by atoms with Crippen LogP contribution in [-0.4, -0.2) is 12.5 Å². The van der Waals surface area contributed by atoms with Gasteiger partial charge in [-0.25, -0.2) is 0 Å². The molecule has 1 N–H and O–H groups in total. The van der Waals surface area contributed by atoms with E-state index in [9.17, 15) is 22.8 Å². The molecular weight excluding hydrogens is 534 g/mol. The highest BCUT2D eigenvalue weighted by Gasteiger charge is 2.40. The minimum absolute atomic E-state index is 0.0102.